The van der Waals surface area contributed by atoms with Gasteiger partial charge < -0.3 is 14.5 Å². The highest BCUT2D eigenvalue weighted by Gasteiger charge is 2.43. The summed E-state index contributed by atoms with van der Waals surface area (Å²) in [5, 5.41) is 0. The number of hydrogen-bond donors (Lipinski definition) is 0. The van der Waals surface area contributed by atoms with Gasteiger partial charge in [-0.15, -0.1) is 0 Å². The number of ether oxygens (including phenoxy) is 1. The molecule has 0 unspecified atom stereocenters. The number of amides is 2. The molecule has 1 saturated heterocycles. The van der Waals surface area contributed by atoms with Gasteiger partial charge in [-0.05, 0) is 61.7 Å². The van der Waals surface area contributed by atoms with Gasteiger partial charge in [0, 0.05) is 26.2 Å². The molecule has 2 aromatic carbocycles. The topological polar surface area (TPSA) is 53.1 Å². The minimum absolute atomic E-state index is 0.242. The Morgan fingerprint density at radius 3 is 2.21 bits per heavy atom. The number of benzene rings is 2. The summed E-state index contributed by atoms with van der Waals surface area (Å²) in [5.74, 6) is 0.681. The number of carbonyl (C=O) groups is 2. The second-order valence-electron chi connectivity index (χ2n) is 9.48. The van der Waals surface area contributed by atoms with E-state index >= 15 is 0 Å². The molecular weight excluding hydrogens is 414 g/mol. The summed E-state index contributed by atoms with van der Waals surface area (Å²) in [5.41, 5.74) is 4.29. The van der Waals surface area contributed by atoms with Crippen molar-refractivity contribution in [1.29, 1.82) is 0 Å². The molecule has 1 fully saturated rings. The van der Waals surface area contributed by atoms with Crippen molar-refractivity contribution in [3.05, 3.63) is 64.9 Å². The Kier molecular flexibility index (Phi) is 6.56. The van der Waals surface area contributed by atoms with Crippen LogP contribution in [-0.2, 0) is 9.59 Å². The van der Waals surface area contributed by atoms with Crippen LogP contribution in [0.25, 0.3) is 5.57 Å². The molecule has 0 spiro atoms. The minimum atomic E-state index is -0.265. The van der Waals surface area contributed by atoms with Gasteiger partial charge in [0.2, 0.25) is 0 Å². The molecule has 2 amide bonds. The molecule has 6 nitrogen and oxygen atoms in total. The van der Waals surface area contributed by atoms with Crippen LogP contribution in [0.15, 0.2) is 48.2 Å². The lowest BCUT2D eigenvalue weighted by Gasteiger charge is -2.34. The average Bonchev–Trinajstić information content (AvgIpc) is 3.05. The first-order valence-electron chi connectivity index (χ1n) is 11.6. The number of piperazine rings is 1. The van der Waals surface area contributed by atoms with Gasteiger partial charge in [-0.1, -0.05) is 38.1 Å². The van der Waals surface area contributed by atoms with E-state index in [1.165, 1.54) is 4.90 Å². The number of carbonyl (C=O) groups excluding carboxylic acids is 2. The van der Waals surface area contributed by atoms with E-state index in [2.05, 4.69) is 30.7 Å². The van der Waals surface area contributed by atoms with Gasteiger partial charge in [0.05, 0.1) is 17.9 Å². The summed E-state index contributed by atoms with van der Waals surface area (Å²) >= 11 is 0. The average molecular weight is 448 g/mol. The maximum Gasteiger partial charge on any atom is 0.282 e. The van der Waals surface area contributed by atoms with Crippen LogP contribution in [0.5, 0.6) is 5.75 Å². The Balaban J connectivity index is 1.75. The van der Waals surface area contributed by atoms with Crippen LogP contribution >= 0.6 is 0 Å². The molecule has 2 aliphatic rings. The van der Waals surface area contributed by atoms with Crippen LogP contribution in [0.3, 0.4) is 0 Å². The molecule has 0 atom stereocenters. The highest BCUT2D eigenvalue weighted by atomic mass is 16.5. The Labute approximate surface area is 196 Å². The zero-order chi connectivity index (χ0) is 23.7. The molecule has 0 radical (unpaired) electrons. The zero-order valence-corrected chi connectivity index (χ0v) is 20.2. The first kappa shape index (κ1) is 23.1. The minimum Gasteiger partial charge on any atom is -0.493 e. The molecule has 33 heavy (non-hydrogen) atoms. The molecule has 0 aliphatic carbocycles. The summed E-state index contributed by atoms with van der Waals surface area (Å²) in [4.78, 5) is 33.2. The van der Waals surface area contributed by atoms with E-state index in [9.17, 15) is 9.59 Å². The standard InChI is InChI=1S/C27H33N3O3/c1-18(2)17-33-22-10-8-21(9-11-22)24-25(29-14-12-28(5)13-15-29)27(32)30(26(24)31)23-16-19(3)6-7-20(23)4/h6-11,16,18H,12-15,17H2,1-5H3. The third-order valence-electron chi connectivity index (χ3n) is 6.21. The van der Waals surface area contributed by atoms with Crippen LogP contribution in [0.1, 0.15) is 30.5 Å². The van der Waals surface area contributed by atoms with E-state index in [1.807, 2.05) is 56.3 Å². The number of likely N-dealkylation sites (N-methyl/N-ethyl adjacent to an activating group) is 1. The molecule has 174 valence electrons. The molecule has 0 bridgehead atoms. The van der Waals surface area contributed by atoms with E-state index in [1.54, 1.807) is 0 Å². The monoisotopic (exact) mass is 447 g/mol. The molecule has 4 rings (SSSR count). The van der Waals surface area contributed by atoms with E-state index in [0.29, 0.717) is 42.6 Å². The zero-order valence-electron chi connectivity index (χ0n) is 20.2. The molecule has 0 N–H and O–H groups in total. The van der Waals surface area contributed by atoms with Crippen molar-refractivity contribution in [1.82, 2.24) is 9.80 Å². The van der Waals surface area contributed by atoms with Crippen LogP contribution in [0.2, 0.25) is 0 Å². The van der Waals surface area contributed by atoms with Crippen molar-refractivity contribution in [2.75, 3.05) is 44.7 Å². The number of hydrogen-bond acceptors (Lipinski definition) is 5. The molecule has 2 aliphatic heterocycles. The Morgan fingerprint density at radius 1 is 0.909 bits per heavy atom. The van der Waals surface area contributed by atoms with E-state index in [-0.39, 0.29) is 11.8 Å². The van der Waals surface area contributed by atoms with Gasteiger partial charge in [-0.2, -0.15) is 0 Å². The molecule has 2 aromatic rings. The highest BCUT2D eigenvalue weighted by Crippen LogP contribution is 2.37. The second kappa shape index (κ2) is 9.40. The maximum absolute atomic E-state index is 13.8. The molecular formula is C27H33N3O3. The van der Waals surface area contributed by atoms with Crippen LogP contribution in [-0.4, -0.2) is 61.4 Å². The normalized spacial score (nSPS) is 17.5. The number of rotatable bonds is 6. The van der Waals surface area contributed by atoms with E-state index in [4.69, 9.17) is 4.74 Å². The number of nitrogens with zero attached hydrogens (tertiary/aromatic N) is 3. The number of aryl methyl sites for hydroxylation is 2. The van der Waals surface area contributed by atoms with E-state index in [0.717, 1.165) is 35.5 Å². The number of imide groups is 1. The molecule has 2 heterocycles. The summed E-state index contributed by atoms with van der Waals surface area (Å²) < 4.78 is 5.81. The van der Waals surface area contributed by atoms with Gasteiger partial charge >= 0.3 is 0 Å². The second-order valence-corrected chi connectivity index (χ2v) is 9.48. The van der Waals surface area contributed by atoms with E-state index < -0.39 is 0 Å². The maximum atomic E-state index is 13.8. The van der Waals surface area contributed by atoms with Crippen molar-refractivity contribution < 1.29 is 14.3 Å². The Morgan fingerprint density at radius 2 is 1.58 bits per heavy atom. The van der Waals surface area contributed by atoms with Crippen molar-refractivity contribution in [3.8, 4) is 5.75 Å². The highest BCUT2D eigenvalue weighted by molar-refractivity contribution is 6.45. The lowest BCUT2D eigenvalue weighted by molar-refractivity contribution is -0.120. The van der Waals surface area contributed by atoms with Crippen molar-refractivity contribution >= 4 is 23.1 Å². The summed E-state index contributed by atoms with van der Waals surface area (Å²) in [6, 6.07) is 13.4. The number of anilines is 1. The fraction of sp³-hybridized carbons (Fsp3) is 0.407. The Hall–Kier alpha value is -3.12. The van der Waals surface area contributed by atoms with Gasteiger partial charge in [0.15, 0.2) is 0 Å². The van der Waals surface area contributed by atoms with Crippen molar-refractivity contribution in [2.45, 2.75) is 27.7 Å². The van der Waals surface area contributed by atoms with Crippen molar-refractivity contribution in [3.63, 3.8) is 0 Å². The fourth-order valence-corrected chi connectivity index (χ4v) is 4.26. The SMILES string of the molecule is Cc1ccc(C)c(N2C(=O)C(c3ccc(OCC(C)C)cc3)=C(N3CCN(C)CC3)C2=O)c1. The Bertz CT molecular complexity index is 1080. The van der Waals surface area contributed by atoms with Gasteiger partial charge in [-0.3, -0.25) is 9.59 Å². The summed E-state index contributed by atoms with van der Waals surface area (Å²) in [6.07, 6.45) is 0. The first-order chi connectivity index (χ1) is 15.8. The van der Waals surface area contributed by atoms with Gasteiger partial charge in [0.1, 0.15) is 11.4 Å². The molecule has 0 aromatic heterocycles. The predicted octanol–water partition coefficient (Wildman–Crippen LogP) is 3.87. The lowest BCUT2D eigenvalue weighted by atomic mass is 10.0. The van der Waals surface area contributed by atoms with Gasteiger partial charge in [0.25, 0.3) is 11.8 Å². The third kappa shape index (κ3) is 4.67. The van der Waals surface area contributed by atoms with Crippen molar-refractivity contribution in [2.24, 2.45) is 5.92 Å². The third-order valence-corrected chi connectivity index (χ3v) is 6.21. The van der Waals surface area contributed by atoms with Gasteiger partial charge in [-0.25, -0.2) is 4.90 Å². The lowest BCUT2D eigenvalue weighted by Crippen LogP contribution is -2.46. The predicted molar refractivity (Wildman–Crippen MR) is 131 cm³/mol. The quantitative estimate of drug-likeness (QED) is 0.630. The smallest absolute Gasteiger partial charge is 0.282 e. The largest absolute Gasteiger partial charge is 0.493 e. The summed E-state index contributed by atoms with van der Waals surface area (Å²) in [7, 11) is 2.08. The fourth-order valence-electron chi connectivity index (χ4n) is 4.26. The van der Waals surface area contributed by atoms with Crippen LogP contribution < -0.4 is 9.64 Å². The summed E-state index contributed by atoms with van der Waals surface area (Å²) in [6.45, 7) is 11.9. The molecule has 6 heteroatoms. The van der Waals surface area contributed by atoms with Crippen LogP contribution in [0.4, 0.5) is 5.69 Å². The van der Waals surface area contributed by atoms with Crippen LogP contribution in [0, 0.1) is 19.8 Å². The molecule has 0 saturated carbocycles. The first-order valence-corrected chi connectivity index (χ1v) is 11.6.